The van der Waals surface area contributed by atoms with E-state index in [0.717, 1.165) is 38.0 Å². The van der Waals surface area contributed by atoms with Crippen molar-refractivity contribution in [2.24, 2.45) is 0 Å². The van der Waals surface area contributed by atoms with Gasteiger partial charge >= 0.3 is 12.4 Å². The van der Waals surface area contributed by atoms with Crippen molar-refractivity contribution in [2.45, 2.75) is 62.7 Å². The molecule has 2 aliphatic rings. The van der Waals surface area contributed by atoms with Gasteiger partial charge in [0.2, 0.25) is 0 Å². The molecule has 5 rings (SSSR count). The lowest BCUT2D eigenvalue weighted by molar-refractivity contribution is -0.143. The van der Waals surface area contributed by atoms with E-state index in [4.69, 9.17) is 4.74 Å². The van der Waals surface area contributed by atoms with E-state index in [1.54, 1.807) is 30.3 Å². The minimum absolute atomic E-state index is 0.196. The van der Waals surface area contributed by atoms with Crippen LogP contribution in [0.2, 0.25) is 0 Å². The number of anilines is 1. The van der Waals surface area contributed by atoms with Crippen LogP contribution in [0.3, 0.4) is 0 Å². The zero-order valence-electron chi connectivity index (χ0n) is 21.0. The maximum absolute atomic E-state index is 13.5. The molecule has 1 heterocycles. The van der Waals surface area contributed by atoms with Crippen LogP contribution in [0.4, 0.5) is 32.0 Å². The minimum Gasteiger partial charge on any atom is -0.507 e. The highest BCUT2D eigenvalue weighted by molar-refractivity contribution is 6.07. The number of phenols is 1. The molecule has 1 aliphatic heterocycles. The normalized spacial score (nSPS) is 17.0. The molecule has 204 valence electrons. The average molecular weight is 538 g/mol. The first kappa shape index (κ1) is 26.5. The van der Waals surface area contributed by atoms with E-state index in [2.05, 4.69) is 4.90 Å². The van der Waals surface area contributed by atoms with Gasteiger partial charge in [0.15, 0.2) is 0 Å². The average Bonchev–Trinajstić information content (AvgIpc) is 3.15. The van der Waals surface area contributed by atoms with Crippen LogP contribution < -0.4 is 9.64 Å². The fourth-order valence-electron chi connectivity index (χ4n) is 6.27. The van der Waals surface area contributed by atoms with Gasteiger partial charge in [0.1, 0.15) is 11.5 Å². The zero-order chi connectivity index (χ0) is 27.3. The first-order valence-corrected chi connectivity index (χ1v) is 12.8. The number of hydrogen-bond donors (Lipinski definition) is 1. The summed E-state index contributed by atoms with van der Waals surface area (Å²) >= 11 is 0. The summed E-state index contributed by atoms with van der Waals surface area (Å²) in [5.74, 6) is 0.361. The van der Waals surface area contributed by atoms with E-state index in [1.807, 2.05) is 6.07 Å². The van der Waals surface area contributed by atoms with E-state index < -0.39 is 43.5 Å². The molecule has 0 radical (unpaired) electrons. The lowest BCUT2D eigenvalue weighted by Crippen LogP contribution is -2.30. The van der Waals surface area contributed by atoms with Crippen LogP contribution in [-0.4, -0.2) is 37.7 Å². The van der Waals surface area contributed by atoms with Crippen LogP contribution in [0.15, 0.2) is 42.5 Å². The molecule has 0 amide bonds. The lowest BCUT2D eigenvalue weighted by Gasteiger charge is -2.33. The maximum Gasteiger partial charge on any atom is 0.389 e. The van der Waals surface area contributed by atoms with Crippen LogP contribution in [0, 0.1) is 0 Å². The Morgan fingerprint density at radius 3 is 2.08 bits per heavy atom. The number of hydrogen-bond acceptors (Lipinski definition) is 3. The summed E-state index contributed by atoms with van der Waals surface area (Å²) in [6.07, 6.45) is -9.55. The minimum atomic E-state index is -4.55. The third-order valence-corrected chi connectivity index (χ3v) is 8.01. The van der Waals surface area contributed by atoms with Gasteiger partial charge in [-0.3, -0.25) is 0 Å². The Hall–Kier alpha value is -3.10. The molecule has 3 aromatic rings. The second-order valence-electron chi connectivity index (χ2n) is 10.3. The second-order valence-corrected chi connectivity index (χ2v) is 10.3. The van der Waals surface area contributed by atoms with Gasteiger partial charge in [-0.2, -0.15) is 26.3 Å². The SMILES string of the molecule is COc1cc2c(O)cc3c(c2cc1N1CCCCC1)-c1ccccc1C3(CCC(F)(F)F)CCC(F)(F)F. The number of nitrogens with zero attached hydrogens (tertiary/aromatic N) is 1. The number of alkyl halides is 6. The van der Waals surface area contributed by atoms with Crippen molar-refractivity contribution in [1.29, 1.82) is 0 Å². The third kappa shape index (κ3) is 4.76. The van der Waals surface area contributed by atoms with Crippen molar-refractivity contribution in [3.05, 3.63) is 53.6 Å². The summed E-state index contributed by atoms with van der Waals surface area (Å²) in [5.41, 5.74) is 1.18. The highest BCUT2D eigenvalue weighted by Crippen LogP contribution is 2.59. The molecule has 1 aliphatic carbocycles. The molecule has 1 N–H and O–H groups in total. The van der Waals surface area contributed by atoms with Crippen molar-refractivity contribution in [2.75, 3.05) is 25.1 Å². The van der Waals surface area contributed by atoms with Crippen LogP contribution in [0.1, 0.15) is 56.1 Å². The fraction of sp³-hybridized carbons (Fsp3) is 0.448. The smallest absolute Gasteiger partial charge is 0.389 e. The number of ether oxygens (including phenoxy) is 1. The largest absolute Gasteiger partial charge is 0.507 e. The lowest BCUT2D eigenvalue weighted by atomic mass is 9.71. The molecule has 3 aromatic carbocycles. The van der Waals surface area contributed by atoms with Gasteiger partial charge in [-0.05, 0) is 77.9 Å². The Morgan fingerprint density at radius 1 is 0.842 bits per heavy atom. The molecule has 0 unspecified atom stereocenters. The molecule has 0 spiro atoms. The quantitative estimate of drug-likeness (QED) is 0.320. The molecular weight excluding hydrogens is 508 g/mol. The Morgan fingerprint density at radius 2 is 1.47 bits per heavy atom. The van der Waals surface area contributed by atoms with Gasteiger partial charge in [-0.25, -0.2) is 0 Å². The van der Waals surface area contributed by atoms with Crippen molar-refractivity contribution in [1.82, 2.24) is 0 Å². The third-order valence-electron chi connectivity index (χ3n) is 8.01. The number of rotatable bonds is 6. The fourth-order valence-corrected chi connectivity index (χ4v) is 6.27. The second kappa shape index (κ2) is 9.58. The summed E-state index contributed by atoms with van der Waals surface area (Å²) in [4.78, 5) is 2.18. The van der Waals surface area contributed by atoms with Crippen LogP contribution >= 0.6 is 0 Å². The van der Waals surface area contributed by atoms with Gasteiger partial charge in [-0.15, -0.1) is 0 Å². The number of benzene rings is 3. The highest BCUT2D eigenvalue weighted by Gasteiger charge is 2.48. The first-order chi connectivity index (χ1) is 17.9. The number of methoxy groups -OCH3 is 1. The topological polar surface area (TPSA) is 32.7 Å². The van der Waals surface area contributed by atoms with E-state index in [0.29, 0.717) is 38.8 Å². The zero-order valence-corrected chi connectivity index (χ0v) is 21.0. The van der Waals surface area contributed by atoms with Gasteiger partial charge in [-0.1, -0.05) is 24.3 Å². The summed E-state index contributed by atoms with van der Waals surface area (Å²) < 4.78 is 86.6. The van der Waals surface area contributed by atoms with Gasteiger partial charge in [0, 0.05) is 36.7 Å². The molecule has 0 aromatic heterocycles. The molecular formula is C29H29F6NO2. The van der Waals surface area contributed by atoms with Crippen LogP contribution in [0.25, 0.3) is 21.9 Å². The van der Waals surface area contributed by atoms with Crippen LogP contribution in [-0.2, 0) is 5.41 Å². The standard InChI is InChI=1S/C29H29F6NO2/c1-38-25-16-19-20(15-23(25)36-13-5-2-6-14-36)26-18-7-3-4-8-21(18)27(9-11-28(30,31)32,10-12-29(33,34)35)22(26)17-24(19)37/h3-4,7-8,15-17,37H,2,5-6,9-14H2,1H3. The maximum atomic E-state index is 13.5. The Balaban J connectivity index is 1.79. The molecule has 1 fully saturated rings. The van der Waals surface area contributed by atoms with Crippen molar-refractivity contribution in [3.63, 3.8) is 0 Å². The number of fused-ring (bicyclic) bond motifs is 5. The molecule has 9 heteroatoms. The highest BCUT2D eigenvalue weighted by atomic mass is 19.4. The summed E-state index contributed by atoms with van der Waals surface area (Å²) in [6, 6.07) is 11.7. The summed E-state index contributed by atoms with van der Waals surface area (Å²) in [7, 11) is 1.54. The van der Waals surface area contributed by atoms with Crippen LogP contribution in [0.5, 0.6) is 11.5 Å². The van der Waals surface area contributed by atoms with Gasteiger partial charge in [0.05, 0.1) is 12.8 Å². The predicted molar refractivity (Wildman–Crippen MR) is 135 cm³/mol. The van der Waals surface area contributed by atoms with E-state index in [1.165, 1.54) is 13.2 Å². The predicted octanol–water partition coefficient (Wildman–Crippen LogP) is 8.50. The Labute approximate surface area is 217 Å². The number of halogens is 6. The summed E-state index contributed by atoms with van der Waals surface area (Å²) in [6.45, 7) is 1.61. The Bertz CT molecular complexity index is 1320. The molecule has 3 nitrogen and oxygen atoms in total. The van der Waals surface area contributed by atoms with E-state index in [-0.39, 0.29) is 5.75 Å². The number of phenolic OH excluding ortho intramolecular Hbond substituents is 1. The molecule has 0 bridgehead atoms. The molecule has 0 atom stereocenters. The first-order valence-electron chi connectivity index (χ1n) is 12.8. The molecule has 38 heavy (non-hydrogen) atoms. The van der Waals surface area contributed by atoms with Gasteiger partial charge in [0.25, 0.3) is 0 Å². The number of piperidine rings is 1. The van der Waals surface area contributed by atoms with Crippen molar-refractivity contribution < 1.29 is 36.2 Å². The van der Waals surface area contributed by atoms with Crippen molar-refractivity contribution in [3.8, 4) is 22.6 Å². The van der Waals surface area contributed by atoms with Crippen molar-refractivity contribution >= 4 is 16.5 Å². The van der Waals surface area contributed by atoms with E-state index >= 15 is 0 Å². The molecule has 0 saturated carbocycles. The monoisotopic (exact) mass is 537 g/mol. The molecule has 1 saturated heterocycles. The Kier molecular flexibility index (Phi) is 6.68. The van der Waals surface area contributed by atoms with E-state index in [9.17, 15) is 31.4 Å². The number of aromatic hydroxyl groups is 1. The van der Waals surface area contributed by atoms with Gasteiger partial charge < -0.3 is 14.7 Å². The summed E-state index contributed by atoms with van der Waals surface area (Å²) in [5, 5.41) is 12.1.